The number of aromatic nitrogens is 1. The number of aryl methyl sites for hydroxylation is 1. The highest BCUT2D eigenvalue weighted by Crippen LogP contribution is 2.08. The molecule has 1 aromatic rings. The molecule has 1 unspecified atom stereocenters. The number of nitrogens with one attached hydrogen (secondary N) is 1. The van der Waals surface area contributed by atoms with Gasteiger partial charge in [-0.05, 0) is 19.8 Å². The molecule has 3 heteroatoms. The maximum Gasteiger partial charge on any atom is 0.0897 e. The van der Waals surface area contributed by atoms with E-state index in [1.54, 1.807) is 11.3 Å². The summed E-state index contributed by atoms with van der Waals surface area (Å²) in [5.74, 6) is 0. The van der Waals surface area contributed by atoms with Crippen LogP contribution in [0.15, 0.2) is 5.38 Å². The monoisotopic (exact) mass is 212 g/mol. The molecule has 0 saturated heterocycles. The Labute approximate surface area is 90.8 Å². The van der Waals surface area contributed by atoms with E-state index < -0.39 is 0 Å². The van der Waals surface area contributed by atoms with Gasteiger partial charge in [0, 0.05) is 18.0 Å². The fraction of sp³-hybridized carbons (Fsp3) is 0.727. The predicted molar refractivity (Wildman–Crippen MR) is 62.7 cm³/mol. The first kappa shape index (κ1) is 11.7. The van der Waals surface area contributed by atoms with Crippen LogP contribution in [0.1, 0.15) is 43.8 Å². The second-order valence-corrected chi connectivity index (χ2v) is 4.69. The van der Waals surface area contributed by atoms with E-state index >= 15 is 0 Å². The topological polar surface area (TPSA) is 24.9 Å². The maximum atomic E-state index is 4.43. The lowest BCUT2D eigenvalue weighted by Gasteiger charge is -2.14. The molecule has 1 atom stereocenters. The summed E-state index contributed by atoms with van der Waals surface area (Å²) in [6, 6.07) is 0.655. The highest BCUT2D eigenvalue weighted by Gasteiger charge is 2.05. The van der Waals surface area contributed by atoms with E-state index in [1.807, 2.05) is 0 Å². The SMILES string of the molecule is CCCC(CC)NCc1csc(C)n1. The summed E-state index contributed by atoms with van der Waals surface area (Å²) in [6.07, 6.45) is 3.72. The van der Waals surface area contributed by atoms with Gasteiger partial charge in [0.15, 0.2) is 0 Å². The second-order valence-electron chi connectivity index (χ2n) is 3.63. The van der Waals surface area contributed by atoms with Crippen LogP contribution in [0.5, 0.6) is 0 Å². The van der Waals surface area contributed by atoms with Crippen molar-refractivity contribution in [1.82, 2.24) is 10.3 Å². The normalized spacial score (nSPS) is 13.1. The second kappa shape index (κ2) is 6.14. The molecule has 0 spiro atoms. The summed E-state index contributed by atoms with van der Waals surface area (Å²) >= 11 is 1.73. The minimum atomic E-state index is 0.655. The third-order valence-electron chi connectivity index (χ3n) is 2.37. The summed E-state index contributed by atoms with van der Waals surface area (Å²) in [4.78, 5) is 4.43. The smallest absolute Gasteiger partial charge is 0.0897 e. The Hall–Kier alpha value is -0.410. The lowest BCUT2D eigenvalue weighted by molar-refractivity contribution is 0.460. The molecule has 0 amide bonds. The van der Waals surface area contributed by atoms with Crippen LogP contribution in [0, 0.1) is 6.92 Å². The highest BCUT2D eigenvalue weighted by molar-refractivity contribution is 7.09. The molecule has 0 radical (unpaired) electrons. The van der Waals surface area contributed by atoms with Gasteiger partial charge in [0.05, 0.1) is 10.7 Å². The zero-order valence-corrected chi connectivity index (χ0v) is 10.2. The highest BCUT2D eigenvalue weighted by atomic mass is 32.1. The van der Waals surface area contributed by atoms with Crippen LogP contribution < -0.4 is 5.32 Å². The molecule has 80 valence electrons. The lowest BCUT2D eigenvalue weighted by Crippen LogP contribution is -2.27. The first-order valence-electron chi connectivity index (χ1n) is 5.40. The van der Waals surface area contributed by atoms with Gasteiger partial charge in [-0.3, -0.25) is 0 Å². The molecule has 2 nitrogen and oxygen atoms in total. The number of rotatable bonds is 6. The minimum Gasteiger partial charge on any atom is -0.308 e. The van der Waals surface area contributed by atoms with Crippen LogP contribution in [-0.2, 0) is 6.54 Å². The van der Waals surface area contributed by atoms with E-state index in [0.29, 0.717) is 6.04 Å². The third kappa shape index (κ3) is 3.76. The number of thiazole rings is 1. The van der Waals surface area contributed by atoms with Crippen LogP contribution in [0.3, 0.4) is 0 Å². The van der Waals surface area contributed by atoms with Gasteiger partial charge in [0.2, 0.25) is 0 Å². The molecular formula is C11H20N2S. The first-order chi connectivity index (χ1) is 6.76. The summed E-state index contributed by atoms with van der Waals surface area (Å²) in [7, 11) is 0. The van der Waals surface area contributed by atoms with Gasteiger partial charge in [-0.2, -0.15) is 0 Å². The van der Waals surface area contributed by atoms with Crippen molar-refractivity contribution in [3.63, 3.8) is 0 Å². The van der Waals surface area contributed by atoms with Gasteiger partial charge in [-0.15, -0.1) is 11.3 Å². The van der Waals surface area contributed by atoms with Gasteiger partial charge in [0.25, 0.3) is 0 Å². The summed E-state index contributed by atoms with van der Waals surface area (Å²) in [5.41, 5.74) is 1.18. The van der Waals surface area contributed by atoms with Crippen molar-refractivity contribution < 1.29 is 0 Å². The van der Waals surface area contributed by atoms with E-state index in [9.17, 15) is 0 Å². The van der Waals surface area contributed by atoms with Gasteiger partial charge in [-0.1, -0.05) is 20.3 Å². The van der Waals surface area contributed by atoms with Gasteiger partial charge < -0.3 is 5.32 Å². The van der Waals surface area contributed by atoms with Crippen molar-refractivity contribution in [2.24, 2.45) is 0 Å². The predicted octanol–water partition coefficient (Wildman–Crippen LogP) is 3.12. The zero-order chi connectivity index (χ0) is 10.4. The Kier molecular flexibility index (Phi) is 5.12. The molecule has 1 heterocycles. The van der Waals surface area contributed by atoms with Crippen LogP contribution in [0.2, 0.25) is 0 Å². The number of hydrogen-bond donors (Lipinski definition) is 1. The van der Waals surface area contributed by atoms with E-state index in [0.717, 1.165) is 11.6 Å². The Morgan fingerprint density at radius 1 is 1.50 bits per heavy atom. The molecule has 0 aromatic carbocycles. The number of nitrogens with zero attached hydrogens (tertiary/aromatic N) is 1. The zero-order valence-electron chi connectivity index (χ0n) is 9.34. The quantitative estimate of drug-likeness (QED) is 0.783. The van der Waals surface area contributed by atoms with Crippen molar-refractivity contribution >= 4 is 11.3 Å². The third-order valence-corrected chi connectivity index (χ3v) is 3.19. The van der Waals surface area contributed by atoms with Crippen molar-refractivity contribution in [2.75, 3.05) is 0 Å². The molecule has 0 aliphatic rings. The molecular weight excluding hydrogens is 192 g/mol. The Morgan fingerprint density at radius 3 is 2.79 bits per heavy atom. The summed E-state index contributed by atoms with van der Waals surface area (Å²) in [5, 5.41) is 6.84. The van der Waals surface area contributed by atoms with Crippen molar-refractivity contribution in [3.8, 4) is 0 Å². The molecule has 1 aromatic heterocycles. The summed E-state index contributed by atoms with van der Waals surface area (Å²) in [6.45, 7) is 7.44. The van der Waals surface area contributed by atoms with E-state index in [4.69, 9.17) is 0 Å². The van der Waals surface area contributed by atoms with Crippen molar-refractivity contribution in [1.29, 1.82) is 0 Å². The van der Waals surface area contributed by atoms with E-state index in [-0.39, 0.29) is 0 Å². The molecule has 1 N–H and O–H groups in total. The van der Waals surface area contributed by atoms with E-state index in [1.165, 1.54) is 25.0 Å². The lowest BCUT2D eigenvalue weighted by atomic mass is 10.1. The molecule has 1 rings (SSSR count). The maximum absolute atomic E-state index is 4.43. The largest absolute Gasteiger partial charge is 0.308 e. The van der Waals surface area contributed by atoms with Crippen LogP contribution in [0.25, 0.3) is 0 Å². The van der Waals surface area contributed by atoms with Crippen LogP contribution >= 0.6 is 11.3 Å². The number of hydrogen-bond acceptors (Lipinski definition) is 3. The standard InChI is InChI=1S/C11H20N2S/c1-4-6-10(5-2)12-7-11-8-14-9(3)13-11/h8,10,12H,4-7H2,1-3H3. The molecule has 0 aliphatic carbocycles. The molecule has 0 saturated carbocycles. The van der Waals surface area contributed by atoms with Gasteiger partial charge >= 0.3 is 0 Å². The first-order valence-corrected chi connectivity index (χ1v) is 6.28. The molecule has 0 aliphatic heterocycles. The Morgan fingerprint density at radius 2 is 2.29 bits per heavy atom. The minimum absolute atomic E-state index is 0.655. The van der Waals surface area contributed by atoms with E-state index in [2.05, 4.69) is 36.5 Å². The molecule has 14 heavy (non-hydrogen) atoms. The van der Waals surface area contributed by atoms with Crippen molar-refractivity contribution in [3.05, 3.63) is 16.1 Å². The molecule has 0 fully saturated rings. The fourth-order valence-electron chi connectivity index (χ4n) is 1.54. The average Bonchev–Trinajstić information content (AvgIpc) is 2.59. The fourth-order valence-corrected chi connectivity index (χ4v) is 2.15. The Balaban J connectivity index is 2.31. The molecule has 0 bridgehead atoms. The summed E-state index contributed by atoms with van der Waals surface area (Å²) < 4.78 is 0. The van der Waals surface area contributed by atoms with Crippen LogP contribution in [-0.4, -0.2) is 11.0 Å². The van der Waals surface area contributed by atoms with Crippen molar-refractivity contribution in [2.45, 2.75) is 52.6 Å². The van der Waals surface area contributed by atoms with Gasteiger partial charge in [-0.25, -0.2) is 4.98 Å². The van der Waals surface area contributed by atoms with Gasteiger partial charge in [0.1, 0.15) is 0 Å². The van der Waals surface area contributed by atoms with Crippen LogP contribution in [0.4, 0.5) is 0 Å². The Bertz CT molecular complexity index is 258. The average molecular weight is 212 g/mol.